The lowest BCUT2D eigenvalue weighted by molar-refractivity contribution is 0.318. The summed E-state index contributed by atoms with van der Waals surface area (Å²) in [6.07, 6.45) is 0.597. The van der Waals surface area contributed by atoms with Gasteiger partial charge in [-0.3, -0.25) is 0 Å². The highest BCUT2D eigenvalue weighted by Gasteiger charge is 1.71. The lowest BCUT2D eigenvalue weighted by Gasteiger charge is -1.77. The van der Waals surface area contributed by atoms with Crippen molar-refractivity contribution in [1.29, 1.82) is 0 Å². The van der Waals surface area contributed by atoms with E-state index in [2.05, 4.69) is 0 Å². The Kier molecular flexibility index (Phi) is 4.16. The fourth-order valence-electron chi connectivity index (χ4n) is 0.0745. The first-order valence-corrected chi connectivity index (χ1v) is 1.56. The lowest BCUT2D eigenvalue weighted by Crippen LogP contribution is -1.89. The molecule has 0 fully saturated rings. The van der Waals surface area contributed by atoms with E-state index in [9.17, 15) is 0 Å². The predicted molar refractivity (Wildman–Crippen MR) is 23.4 cm³/mol. The van der Waals surface area contributed by atoms with Gasteiger partial charge in [-0.2, -0.15) is 0 Å². The summed E-state index contributed by atoms with van der Waals surface area (Å²) in [5.74, 6) is 0. The van der Waals surface area contributed by atoms with Gasteiger partial charge in [0.05, 0.1) is 7.17 Å². The van der Waals surface area contributed by atoms with Crippen LogP contribution < -0.4 is 0 Å². The molecule has 0 aliphatic carbocycles. The Bertz CT molecular complexity index is 15.1. The zero-order chi connectivity index (χ0) is 4.12. The Hall–Kier alpha value is 0.0899. The average molecular weight is 66.7 g/mol. The Morgan fingerprint density at radius 3 is 2.40 bits per heavy atom. The van der Waals surface area contributed by atoms with Gasteiger partial charge in [-0.25, -0.2) is 0 Å². The molecule has 0 saturated heterocycles. The quantitative estimate of drug-likeness (QED) is 0.418. The second-order valence-corrected chi connectivity index (χ2v) is 0.748. The van der Waals surface area contributed by atoms with E-state index in [1.807, 2.05) is 0 Å². The van der Waals surface area contributed by atoms with Crippen molar-refractivity contribution in [1.82, 2.24) is 0 Å². The highest BCUT2D eigenvalue weighted by molar-refractivity contribution is 6.89. The molecule has 25 valence electrons. The molecule has 3 heteroatoms. The molecule has 0 saturated carbocycles. The van der Waals surface area contributed by atoms with Crippen molar-refractivity contribution in [2.45, 2.75) is 6.32 Å². The van der Waals surface area contributed by atoms with Crippen LogP contribution in [-0.4, -0.2) is 26.6 Å². The maximum atomic E-state index is 7.96. The van der Waals surface area contributed by atoms with Gasteiger partial charge in [-0.1, -0.05) is 6.32 Å². The lowest BCUT2D eigenvalue weighted by atomic mass is 9.54. The third-order valence-corrected chi connectivity index (χ3v) is 0.296. The summed E-state index contributed by atoms with van der Waals surface area (Å²) in [5, 5.41) is 7.96. The number of hydrogen-bond acceptors (Lipinski definition) is 1. The first-order valence-electron chi connectivity index (χ1n) is 1.56. The van der Waals surface area contributed by atoms with E-state index in [1.165, 1.54) is 7.17 Å². The van der Waals surface area contributed by atoms with Crippen molar-refractivity contribution in [3.63, 3.8) is 0 Å². The van der Waals surface area contributed by atoms with Gasteiger partial charge in [0.1, 0.15) is 0 Å². The van der Waals surface area contributed by atoms with Crippen LogP contribution >= 0.6 is 0 Å². The summed E-state index contributed by atoms with van der Waals surface area (Å²) >= 11 is 0. The van der Waals surface area contributed by atoms with Crippen LogP contribution in [0.5, 0.6) is 0 Å². The van der Waals surface area contributed by atoms with Gasteiger partial charge in [-0.05, 0) is 0 Å². The highest BCUT2D eigenvalue weighted by Crippen LogP contribution is 1.63. The van der Waals surface area contributed by atoms with Gasteiger partial charge in [-0.15, -0.1) is 0 Å². The molecule has 0 amide bonds. The smallest absolute Gasteiger partial charge is 0.0574 e. The SMILES string of the molecule is [B][B]CCO. The fourth-order valence-corrected chi connectivity index (χ4v) is 0.0745. The zero-order valence-electron chi connectivity index (χ0n) is 3.02. The van der Waals surface area contributed by atoms with E-state index in [4.69, 9.17) is 12.8 Å². The number of hydrogen-bond donors (Lipinski definition) is 1. The molecule has 0 heterocycles. The number of rotatable bonds is 2. The van der Waals surface area contributed by atoms with E-state index in [0.717, 1.165) is 0 Å². The first-order chi connectivity index (χ1) is 2.41. The van der Waals surface area contributed by atoms with Gasteiger partial charge in [0.2, 0.25) is 0 Å². The molecule has 0 bridgehead atoms. The zero-order valence-corrected chi connectivity index (χ0v) is 3.02. The fraction of sp³-hybridized carbons (Fsp3) is 1.00. The standard InChI is InChI=1S/C2H5B2O/c3-4-1-2-5/h5H,1-2H2. The Balaban J connectivity index is 2.19. The Labute approximate surface area is 34.0 Å². The molecule has 3 radical (unpaired) electrons. The van der Waals surface area contributed by atoms with Crippen molar-refractivity contribution in [2.75, 3.05) is 6.61 Å². The van der Waals surface area contributed by atoms with Crippen LogP contribution in [0.15, 0.2) is 0 Å². The predicted octanol–water partition coefficient (Wildman–Crippen LogP) is -0.815. The third kappa shape index (κ3) is 4.09. The summed E-state index contributed by atoms with van der Waals surface area (Å²) in [6, 6.07) is 0. The minimum absolute atomic E-state index is 0.163. The monoisotopic (exact) mass is 67.1 g/mol. The molecular weight excluding hydrogens is 61.6 g/mol. The molecule has 1 nitrogen and oxygen atoms in total. The third-order valence-electron chi connectivity index (χ3n) is 0.296. The molecule has 0 aliphatic rings. The summed E-state index contributed by atoms with van der Waals surface area (Å²) < 4.78 is 0. The minimum atomic E-state index is 0.163. The largest absolute Gasteiger partial charge is 0.397 e. The Morgan fingerprint density at radius 1 is 1.80 bits per heavy atom. The van der Waals surface area contributed by atoms with E-state index in [1.54, 1.807) is 0 Å². The van der Waals surface area contributed by atoms with Crippen molar-refractivity contribution in [3.05, 3.63) is 0 Å². The maximum Gasteiger partial charge on any atom is 0.0574 e. The van der Waals surface area contributed by atoms with Crippen molar-refractivity contribution >= 4 is 14.9 Å². The minimum Gasteiger partial charge on any atom is -0.397 e. The normalized spacial score (nSPS) is 7.40. The van der Waals surface area contributed by atoms with Gasteiger partial charge in [0.15, 0.2) is 0 Å². The van der Waals surface area contributed by atoms with Crippen molar-refractivity contribution in [3.8, 4) is 0 Å². The van der Waals surface area contributed by atoms with Crippen LogP contribution in [0.25, 0.3) is 0 Å². The number of aliphatic hydroxyl groups is 1. The first kappa shape index (κ1) is 5.09. The molecule has 0 aromatic carbocycles. The van der Waals surface area contributed by atoms with E-state index < -0.39 is 0 Å². The molecule has 0 unspecified atom stereocenters. The molecule has 5 heavy (non-hydrogen) atoms. The Morgan fingerprint density at radius 2 is 2.40 bits per heavy atom. The molecule has 0 aliphatic heterocycles. The molecule has 0 aromatic rings. The second kappa shape index (κ2) is 4.09. The molecule has 0 aromatic heterocycles. The van der Waals surface area contributed by atoms with Crippen LogP contribution in [0.1, 0.15) is 0 Å². The van der Waals surface area contributed by atoms with E-state index in [0.29, 0.717) is 6.32 Å². The second-order valence-electron chi connectivity index (χ2n) is 0.748. The maximum absolute atomic E-state index is 7.96. The molecule has 1 N–H and O–H groups in total. The van der Waals surface area contributed by atoms with Crippen LogP contribution in [-0.2, 0) is 0 Å². The van der Waals surface area contributed by atoms with Gasteiger partial charge in [0, 0.05) is 14.3 Å². The van der Waals surface area contributed by atoms with Crippen LogP contribution in [0.3, 0.4) is 0 Å². The van der Waals surface area contributed by atoms with Crippen LogP contribution in [0.4, 0.5) is 0 Å². The number of aliphatic hydroxyl groups excluding tert-OH is 1. The summed E-state index contributed by atoms with van der Waals surface area (Å²) in [5.41, 5.74) is 0. The van der Waals surface area contributed by atoms with E-state index in [-0.39, 0.29) is 6.61 Å². The molecule has 0 rings (SSSR count). The van der Waals surface area contributed by atoms with Crippen LogP contribution in [0, 0.1) is 0 Å². The van der Waals surface area contributed by atoms with Gasteiger partial charge >= 0.3 is 0 Å². The molecule has 0 atom stereocenters. The summed E-state index contributed by atoms with van der Waals surface area (Å²) in [7, 11) is 6.28. The van der Waals surface area contributed by atoms with Gasteiger partial charge < -0.3 is 5.11 Å². The summed E-state index contributed by atoms with van der Waals surface area (Å²) in [4.78, 5) is 0. The molecule has 0 spiro atoms. The molecular formula is C2H5B2O. The topological polar surface area (TPSA) is 20.2 Å². The van der Waals surface area contributed by atoms with Crippen LogP contribution in [0.2, 0.25) is 6.32 Å². The van der Waals surface area contributed by atoms with Gasteiger partial charge in [0.25, 0.3) is 0 Å². The summed E-state index contributed by atoms with van der Waals surface area (Å²) in [6.45, 7) is 0.163. The van der Waals surface area contributed by atoms with Crippen molar-refractivity contribution in [2.24, 2.45) is 0 Å². The van der Waals surface area contributed by atoms with E-state index >= 15 is 0 Å². The average Bonchev–Trinajstić information content (AvgIpc) is 1.41. The van der Waals surface area contributed by atoms with Crippen molar-refractivity contribution < 1.29 is 5.11 Å². The highest BCUT2D eigenvalue weighted by atomic mass is 16.2.